The third-order valence-corrected chi connectivity index (χ3v) is 3.43. The second kappa shape index (κ2) is 6.49. The summed E-state index contributed by atoms with van der Waals surface area (Å²) in [5, 5.41) is 10.6. The van der Waals surface area contributed by atoms with E-state index in [2.05, 4.69) is 20.5 Å². The van der Waals surface area contributed by atoms with Crippen LogP contribution in [0, 0.1) is 12.7 Å². The Morgan fingerprint density at radius 2 is 1.82 bits per heavy atom. The monoisotopic (exact) mass is 296 g/mol. The summed E-state index contributed by atoms with van der Waals surface area (Å²) in [7, 11) is 0. The second-order valence-corrected chi connectivity index (χ2v) is 5.13. The van der Waals surface area contributed by atoms with E-state index in [1.165, 1.54) is 12.1 Å². The third-order valence-electron chi connectivity index (χ3n) is 3.43. The molecule has 4 nitrogen and oxygen atoms in total. The van der Waals surface area contributed by atoms with Gasteiger partial charge in [-0.25, -0.2) is 9.37 Å². The molecule has 0 spiro atoms. The number of halogens is 1. The minimum Gasteiger partial charge on any atom is -0.299 e. The fourth-order valence-electron chi connectivity index (χ4n) is 2.31. The highest BCUT2D eigenvalue weighted by Gasteiger charge is 2.17. The van der Waals surface area contributed by atoms with E-state index in [-0.39, 0.29) is 11.9 Å². The van der Waals surface area contributed by atoms with Crippen molar-refractivity contribution >= 4 is 0 Å². The lowest BCUT2D eigenvalue weighted by atomic mass is 10.1. The van der Waals surface area contributed by atoms with Gasteiger partial charge in [0.2, 0.25) is 0 Å². The van der Waals surface area contributed by atoms with Gasteiger partial charge in [0, 0.05) is 6.54 Å². The molecule has 3 rings (SSSR count). The van der Waals surface area contributed by atoms with Gasteiger partial charge in [0.15, 0.2) is 5.82 Å². The van der Waals surface area contributed by atoms with Crippen LogP contribution in [0.5, 0.6) is 0 Å². The minimum atomic E-state index is -0.229. The maximum atomic E-state index is 13.0. The second-order valence-electron chi connectivity index (χ2n) is 5.13. The molecule has 0 aliphatic carbocycles. The van der Waals surface area contributed by atoms with Crippen LogP contribution in [0.15, 0.2) is 54.6 Å². The largest absolute Gasteiger partial charge is 0.299 e. The molecular weight excluding hydrogens is 279 g/mol. The molecule has 0 saturated carbocycles. The van der Waals surface area contributed by atoms with Crippen molar-refractivity contribution in [3.63, 3.8) is 0 Å². The van der Waals surface area contributed by atoms with Crippen molar-refractivity contribution in [2.75, 3.05) is 0 Å². The molecule has 0 unspecified atom stereocenters. The number of hydrogen-bond acceptors (Lipinski definition) is 3. The smallest absolute Gasteiger partial charge is 0.172 e. The SMILES string of the molecule is Cc1nc([C@H](NCc2ccc(F)cc2)c2ccccc2)n[nH]1. The molecule has 112 valence electrons. The molecule has 2 aromatic carbocycles. The van der Waals surface area contributed by atoms with Crippen LogP contribution in [0.4, 0.5) is 4.39 Å². The number of aromatic amines is 1. The number of aryl methyl sites for hydroxylation is 1. The highest BCUT2D eigenvalue weighted by molar-refractivity contribution is 5.25. The first kappa shape index (κ1) is 14.4. The maximum Gasteiger partial charge on any atom is 0.172 e. The number of aromatic nitrogens is 3. The first-order valence-electron chi connectivity index (χ1n) is 7.14. The van der Waals surface area contributed by atoms with Gasteiger partial charge in [-0.1, -0.05) is 42.5 Å². The summed E-state index contributed by atoms with van der Waals surface area (Å²) >= 11 is 0. The van der Waals surface area contributed by atoms with Crippen molar-refractivity contribution < 1.29 is 4.39 Å². The zero-order chi connectivity index (χ0) is 15.4. The minimum absolute atomic E-state index is 0.115. The van der Waals surface area contributed by atoms with E-state index >= 15 is 0 Å². The average molecular weight is 296 g/mol. The lowest BCUT2D eigenvalue weighted by Gasteiger charge is -2.16. The van der Waals surface area contributed by atoms with Gasteiger partial charge in [-0.15, -0.1) is 0 Å². The van der Waals surface area contributed by atoms with E-state index in [0.717, 1.165) is 17.0 Å². The van der Waals surface area contributed by atoms with Gasteiger partial charge in [-0.05, 0) is 30.2 Å². The summed E-state index contributed by atoms with van der Waals surface area (Å²) < 4.78 is 13.0. The van der Waals surface area contributed by atoms with Gasteiger partial charge in [0.1, 0.15) is 11.6 Å². The summed E-state index contributed by atoms with van der Waals surface area (Å²) in [4.78, 5) is 4.42. The summed E-state index contributed by atoms with van der Waals surface area (Å²) in [5.74, 6) is 1.25. The molecule has 1 atom stereocenters. The van der Waals surface area contributed by atoms with Crippen molar-refractivity contribution in [3.05, 3.63) is 83.2 Å². The molecule has 0 radical (unpaired) electrons. The molecule has 5 heteroatoms. The molecule has 3 aromatic rings. The average Bonchev–Trinajstić information content (AvgIpc) is 2.97. The van der Waals surface area contributed by atoms with Crippen molar-refractivity contribution in [1.29, 1.82) is 0 Å². The van der Waals surface area contributed by atoms with E-state index < -0.39 is 0 Å². The predicted molar refractivity (Wildman–Crippen MR) is 82.6 cm³/mol. The standard InChI is InChI=1S/C17H17FN4/c1-12-20-17(22-21-12)16(14-5-3-2-4-6-14)19-11-13-7-9-15(18)10-8-13/h2-10,16,19H,11H2,1H3,(H,20,21,22)/t16-/m1/s1. The summed E-state index contributed by atoms with van der Waals surface area (Å²) in [5.41, 5.74) is 2.10. The zero-order valence-corrected chi connectivity index (χ0v) is 12.3. The molecule has 1 heterocycles. The third kappa shape index (κ3) is 3.38. The molecule has 0 amide bonds. The maximum absolute atomic E-state index is 13.0. The van der Waals surface area contributed by atoms with Crippen LogP contribution in [0.3, 0.4) is 0 Å². The van der Waals surface area contributed by atoms with Crippen molar-refractivity contribution in [3.8, 4) is 0 Å². The van der Waals surface area contributed by atoms with Crippen LogP contribution >= 0.6 is 0 Å². The van der Waals surface area contributed by atoms with Gasteiger partial charge in [-0.2, -0.15) is 5.10 Å². The van der Waals surface area contributed by atoms with E-state index in [0.29, 0.717) is 12.4 Å². The van der Waals surface area contributed by atoms with Crippen molar-refractivity contribution in [2.45, 2.75) is 19.5 Å². The zero-order valence-electron chi connectivity index (χ0n) is 12.3. The summed E-state index contributed by atoms with van der Waals surface area (Å²) in [6.45, 7) is 2.48. The van der Waals surface area contributed by atoms with Gasteiger partial charge in [0.25, 0.3) is 0 Å². The van der Waals surface area contributed by atoms with Crippen LogP contribution in [0.2, 0.25) is 0 Å². The molecule has 0 bridgehead atoms. The fraction of sp³-hybridized carbons (Fsp3) is 0.176. The number of H-pyrrole nitrogens is 1. The highest BCUT2D eigenvalue weighted by Crippen LogP contribution is 2.19. The number of hydrogen-bond donors (Lipinski definition) is 2. The number of rotatable bonds is 5. The molecule has 2 N–H and O–H groups in total. The molecule has 0 aliphatic rings. The van der Waals surface area contributed by atoms with Crippen LogP contribution < -0.4 is 5.32 Å². The van der Waals surface area contributed by atoms with E-state index in [1.807, 2.05) is 37.3 Å². The quantitative estimate of drug-likeness (QED) is 0.760. The van der Waals surface area contributed by atoms with E-state index in [4.69, 9.17) is 0 Å². The highest BCUT2D eigenvalue weighted by atomic mass is 19.1. The number of nitrogens with zero attached hydrogens (tertiary/aromatic N) is 2. The Kier molecular flexibility index (Phi) is 4.25. The van der Waals surface area contributed by atoms with Crippen LogP contribution in [-0.4, -0.2) is 15.2 Å². The Morgan fingerprint density at radius 3 is 2.45 bits per heavy atom. The predicted octanol–water partition coefficient (Wildman–Crippen LogP) is 3.13. The van der Waals surface area contributed by atoms with E-state index in [9.17, 15) is 4.39 Å². The van der Waals surface area contributed by atoms with Crippen LogP contribution in [0.25, 0.3) is 0 Å². The molecule has 0 saturated heterocycles. The van der Waals surface area contributed by atoms with Gasteiger partial charge >= 0.3 is 0 Å². The Hall–Kier alpha value is -2.53. The lowest BCUT2D eigenvalue weighted by Crippen LogP contribution is -2.23. The lowest BCUT2D eigenvalue weighted by molar-refractivity contribution is 0.575. The van der Waals surface area contributed by atoms with Crippen LogP contribution in [0.1, 0.15) is 28.8 Å². The topological polar surface area (TPSA) is 53.6 Å². The summed E-state index contributed by atoms with van der Waals surface area (Å²) in [6, 6.07) is 16.4. The molecular formula is C17H17FN4. The number of benzene rings is 2. The normalized spacial score (nSPS) is 12.3. The van der Waals surface area contributed by atoms with Crippen molar-refractivity contribution in [1.82, 2.24) is 20.5 Å². The Morgan fingerprint density at radius 1 is 1.09 bits per heavy atom. The first-order chi connectivity index (χ1) is 10.7. The molecule has 0 aliphatic heterocycles. The van der Waals surface area contributed by atoms with Gasteiger partial charge in [0.05, 0.1) is 6.04 Å². The Labute approximate surface area is 128 Å². The molecule has 0 fully saturated rings. The number of nitrogens with one attached hydrogen (secondary N) is 2. The Balaban J connectivity index is 1.81. The van der Waals surface area contributed by atoms with Gasteiger partial charge < -0.3 is 0 Å². The van der Waals surface area contributed by atoms with Crippen molar-refractivity contribution in [2.24, 2.45) is 0 Å². The van der Waals surface area contributed by atoms with E-state index in [1.54, 1.807) is 12.1 Å². The Bertz CT molecular complexity index is 722. The first-order valence-corrected chi connectivity index (χ1v) is 7.14. The summed E-state index contributed by atoms with van der Waals surface area (Å²) in [6.07, 6.45) is 0. The van der Waals surface area contributed by atoms with Crippen LogP contribution in [-0.2, 0) is 6.54 Å². The van der Waals surface area contributed by atoms with Gasteiger partial charge in [-0.3, -0.25) is 10.4 Å². The molecule has 1 aromatic heterocycles. The fourth-order valence-corrected chi connectivity index (χ4v) is 2.31. The molecule has 22 heavy (non-hydrogen) atoms.